The average Bonchev–Trinajstić information content (AvgIpc) is 2.91. The summed E-state index contributed by atoms with van der Waals surface area (Å²) in [7, 11) is 0. The molecule has 2 aromatic carbocycles. The molecule has 22 heavy (non-hydrogen) atoms. The van der Waals surface area contributed by atoms with Crippen molar-refractivity contribution in [3.8, 4) is 11.5 Å². The van der Waals surface area contributed by atoms with Crippen molar-refractivity contribution >= 4 is 17.0 Å². The molecule has 0 saturated carbocycles. The zero-order chi connectivity index (χ0) is 15.5. The largest absolute Gasteiger partial charge is 0.755 e. The highest BCUT2D eigenvalue weighted by Gasteiger charge is 2.24. The van der Waals surface area contributed by atoms with Crippen LogP contribution in [0.15, 0.2) is 42.5 Å². The first-order valence-corrected chi connectivity index (χ1v) is 8.08. The van der Waals surface area contributed by atoms with E-state index >= 15 is 0 Å². The zero-order valence-corrected chi connectivity index (χ0v) is 12.6. The summed E-state index contributed by atoms with van der Waals surface area (Å²) in [5, 5.41) is 9.33. The van der Waals surface area contributed by atoms with E-state index in [0.717, 1.165) is 24.2 Å². The minimum Gasteiger partial charge on any atom is -0.755 e. The quantitative estimate of drug-likeness (QED) is 0.829. The number of aliphatic hydroxyl groups is 1. The Morgan fingerprint density at radius 3 is 2.86 bits per heavy atom. The molecule has 1 aliphatic rings. The van der Waals surface area contributed by atoms with Gasteiger partial charge >= 0.3 is 0 Å². The number of rotatable bonds is 5. The smallest absolute Gasteiger partial charge is 0.130 e. The summed E-state index contributed by atoms with van der Waals surface area (Å²) < 4.78 is 29.6. The SMILES string of the molecule is O=S([O-])Nc1cccc(Oc2cccc3c2CC(CO)C3)c1. The van der Waals surface area contributed by atoms with Gasteiger partial charge in [0.15, 0.2) is 0 Å². The van der Waals surface area contributed by atoms with E-state index in [4.69, 9.17) is 4.74 Å². The molecule has 0 fully saturated rings. The lowest BCUT2D eigenvalue weighted by molar-refractivity contribution is 0.232. The Bertz CT molecular complexity index is 704. The molecular weight excluding hydrogens is 302 g/mol. The molecule has 5 nitrogen and oxygen atoms in total. The molecule has 0 aromatic heterocycles. The minimum absolute atomic E-state index is 0.169. The number of benzene rings is 2. The Morgan fingerprint density at radius 1 is 1.27 bits per heavy atom. The van der Waals surface area contributed by atoms with Gasteiger partial charge in [0.05, 0.1) is 0 Å². The van der Waals surface area contributed by atoms with Crippen LogP contribution in [-0.4, -0.2) is 20.5 Å². The number of ether oxygens (including phenoxy) is 1. The average molecular weight is 318 g/mol. The highest BCUT2D eigenvalue weighted by Crippen LogP contribution is 2.36. The van der Waals surface area contributed by atoms with E-state index in [1.807, 2.05) is 12.1 Å². The first-order valence-electron chi connectivity index (χ1n) is 7.01. The maximum atomic E-state index is 10.7. The van der Waals surface area contributed by atoms with Gasteiger partial charge in [0, 0.05) is 29.6 Å². The molecule has 6 heteroatoms. The lowest BCUT2D eigenvalue weighted by atomic mass is 10.1. The molecule has 0 amide bonds. The molecule has 0 spiro atoms. The number of aliphatic hydroxyl groups excluding tert-OH is 1. The zero-order valence-electron chi connectivity index (χ0n) is 11.8. The Balaban J connectivity index is 1.83. The molecule has 2 atom stereocenters. The Labute approximate surface area is 131 Å². The highest BCUT2D eigenvalue weighted by atomic mass is 32.2. The monoisotopic (exact) mass is 318 g/mol. The summed E-state index contributed by atoms with van der Waals surface area (Å²) in [5.74, 6) is 1.57. The van der Waals surface area contributed by atoms with Gasteiger partial charge in [-0.2, -0.15) is 0 Å². The molecule has 0 aliphatic heterocycles. The second kappa shape index (κ2) is 6.48. The van der Waals surface area contributed by atoms with Gasteiger partial charge in [-0.15, -0.1) is 0 Å². The fraction of sp³-hybridized carbons (Fsp3) is 0.250. The number of nitrogens with one attached hydrogen (secondary N) is 1. The third-order valence-electron chi connectivity index (χ3n) is 3.75. The Morgan fingerprint density at radius 2 is 2.09 bits per heavy atom. The minimum atomic E-state index is -2.36. The van der Waals surface area contributed by atoms with E-state index in [0.29, 0.717) is 11.4 Å². The predicted molar refractivity (Wildman–Crippen MR) is 83.5 cm³/mol. The van der Waals surface area contributed by atoms with Crippen molar-refractivity contribution in [2.24, 2.45) is 5.92 Å². The first kappa shape index (κ1) is 15.0. The van der Waals surface area contributed by atoms with Gasteiger partial charge < -0.3 is 19.1 Å². The highest BCUT2D eigenvalue weighted by molar-refractivity contribution is 7.80. The maximum absolute atomic E-state index is 10.7. The molecule has 0 bridgehead atoms. The van der Waals surface area contributed by atoms with Crippen molar-refractivity contribution in [2.75, 3.05) is 11.3 Å². The lowest BCUT2D eigenvalue weighted by Gasteiger charge is -2.13. The number of hydrogen-bond acceptors (Lipinski definition) is 4. The van der Waals surface area contributed by atoms with Gasteiger partial charge in [0.2, 0.25) is 0 Å². The fourth-order valence-corrected chi connectivity index (χ4v) is 3.10. The van der Waals surface area contributed by atoms with Crippen molar-refractivity contribution < 1.29 is 18.6 Å². The third kappa shape index (κ3) is 3.30. The normalized spacial score (nSPS) is 17.8. The summed E-state index contributed by atoms with van der Waals surface area (Å²) in [4.78, 5) is 0. The van der Waals surface area contributed by atoms with Crippen LogP contribution in [0.3, 0.4) is 0 Å². The molecule has 116 valence electrons. The Hall–Kier alpha value is -1.89. The topological polar surface area (TPSA) is 81.6 Å². The van der Waals surface area contributed by atoms with Crippen LogP contribution < -0.4 is 9.46 Å². The summed E-state index contributed by atoms with van der Waals surface area (Å²) in [6.45, 7) is 0.169. The molecule has 2 N–H and O–H groups in total. The van der Waals surface area contributed by atoms with Crippen molar-refractivity contribution in [2.45, 2.75) is 12.8 Å². The lowest BCUT2D eigenvalue weighted by Crippen LogP contribution is -2.04. The van der Waals surface area contributed by atoms with E-state index in [2.05, 4.69) is 10.8 Å². The van der Waals surface area contributed by atoms with E-state index in [1.165, 1.54) is 5.56 Å². The first-order chi connectivity index (χ1) is 10.7. The van der Waals surface area contributed by atoms with Crippen LogP contribution in [0.5, 0.6) is 11.5 Å². The molecule has 3 rings (SSSR count). The standard InChI is InChI=1S/C16H17NO4S/c18-10-11-7-12-3-1-6-16(15(12)8-11)21-14-5-2-4-13(9-14)17-22(19)20/h1-6,9,11,17-18H,7-8,10H2,(H,19,20)/p-1. The van der Waals surface area contributed by atoms with Crippen molar-refractivity contribution in [3.63, 3.8) is 0 Å². The van der Waals surface area contributed by atoms with Crippen LogP contribution in [0.2, 0.25) is 0 Å². The summed E-state index contributed by atoms with van der Waals surface area (Å²) >= 11 is -2.36. The molecule has 0 heterocycles. The van der Waals surface area contributed by atoms with Crippen molar-refractivity contribution in [1.29, 1.82) is 0 Å². The van der Waals surface area contributed by atoms with E-state index in [9.17, 15) is 13.9 Å². The van der Waals surface area contributed by atoms with Gasteiger partial charge in [-0.25, -0.2) is 0 Å². The van der Waals surface area contributed by atoms with E-state index < -0.39 is 11.3 Å². The molecule has 0 radical (unpaired) electrons. The second-order valence-corrected chi connectivity index (χ2v) is 5.99. The molecular formula is C16H16NO4S-. The van der Waals surface area contributed by atoms with Crippen LogP contribution >= 0.6 is 0 Å². The number of anilines is 1. The van der Waals surface area contributed by atoms with Crippen LogP contribution in [0.25, 0.3) is 0 Å². The predicted octanol–water partition coefficient (Wildman–Crippen LogP) is 2.39. The van der Waals surface area contributed by atoms with Gasteiger partial charge in [-0.1, -0.05) is 18.2 Å². The van der Waals surface area contributed by atoms with Gasteiger partial charge in [-0.05, 0) is 48.1 Å². The van der Waals surface area contributed by atoms with E-state index in [1.54, 1.807) is 24.3 Å². The van der Waals surface area contributed by atoms with Gasteiger partial charge in [0.1, 0.15) is 11.5 Å². The summed E-state index contributed by atoms with van der Waals surface area (Å²) in [5.41, 5.74) is 2.77. The Kier molecular flexibility index (Phi) is 4.42. The van der Waals surface area contributed by atoms with Gasteiger partial charge in [0.25, 0.3) is 0 Å². The number of hydrogen-bond donors (Lipinski definition) is 2. The van der Waals surface area contributed by atoms with Crippen LogP contribution in [-0.2, 0) is 24.1 Å². The second-order valence-electron chi connectivity index (χ2n) is 5.32. The third-order valence-corrected chi connectivity index (χ3v) is 4.16. The van der Waals surface area contributed by atoms with Crippen LogP contribution in [0, 0.1) is 5.92 Å². The summed E-state index contributed by atoms with van der Waals surface area (Å²) in [6.07, 6.45) is 1.66. The fourth-order valence-electron chi connectivity index (χ4n) is 2.78. The van der Waals surface area contributed by atoms with Crippen molar-refractivity contribution in [3.05, 3.63) is 53.6 Å². The van der Waals surface area contributed by atoms with Crippen molar-refractivity contribution in [1.82, 2.24) is 0 Å². The molecule has 1 aliphatic carbocycles. The van der Waals surface area contributed by atoms with E-state index in [-0.39, 0.29) is 12.5 Å². The molecule has 2 unspecified atom stereocenters. The molecule has 0 saturated heterocycles. The van der Waals surface area contributed by atoms with Crippen LogP contribution in [0.1, 0.15) is 11.1 Å². The number of fused-ring (bicyclic) bond motifs is 1. The van der Waals surface area contributed by atoms with Crippen LogP contribution in [0.4, 0.5) is 5.69 Å². The molecule has 2 aromatic rings. The maximum Gasteiger partial charge on any atom is 0.130 e. The summed E-state index contributed by atoms with van der Waals surface area (Å²) in [6, 6.07) is 12.7. The van der Waals surface area contributed by atoms with Gasteiger partial charge in [-0.3, -0.25) is 4.21 Å².